The average molecular weight is 449 g/mol. The van der Waals surface area contributed by atoms with Crippen molar-refractivity contribution >= 4 is 23.8 Å². The van der Waals surface area contributed by atoms with Crippen LogP contribution in [-0.4, -0.2) is 40.3 Å². The number of oxazole rings is 1. The number of nitrogens with zero attached hydrogens (tertiary/aromatic N) is 1. The smallest absolute Gasteiger partial charge is 0.438 e. The summed E-state index contributed by atoms with van der Waals surface area (Å²) in [6.45, 7) is 1.73. The standard InChI is InChI=1S/C20H27F3N2O4S/c1-2-16-14(25-19(29-16)20(21,22)23)10-28-13-5-3-4-12(8-13)6-7-17-18(15(27)9-26)24-11-30-17/h9,12-13,17-18,24H,2-8,10-11H2,1H3. The van der Waals surface area contributed by atoms with Crippen LogP contribution in [0.4, 0.5) is 13.2 Å². The summed E-state index contributed by atoms with van der Waals surface area (Å²) in [5.74, 6) is -0.297. The molecule has 0 radical (unpaired) electrons. The van der Waals surface area contributed by atoms with Gasteiger partial charge in [-0.25, -0.2) is 4.98 Å². The van der Waals surface area contributed by atoms with E-state index in [0.29, 0.717) is 24.5 Å². The Balaban J connectivity index is 1.49. The zero-order chi connectivity index (χ0) is 21.7. The minimum Gasteiger partial charge on any atom is -0.438 e. The van der Waals surface area contributed by atoms with Crippen LogP contribution in [0.25, 0.3) is 0 Å². The molecule has 1 aromatic rings. The highest BCUT2D eigenvalue weighted by Gasteiger charge is 2.38. The average Bonchev–Trinajstić information content (AvgIpc) is 3.37. The lowest BCUT2D eigenvalue weighted by Crippen LogP contribution is -2.39. The summed E-state index contributed by atoms with van der Waals surface area (Å²) in [5, 5.41) is 3.18. The van der Waals surface area contributed by atoms with Gasteiger partial charge in [-0.15, -0.1) is 11.8 Å². The molecule has 0 amide bonds. The first-order chi connectivity index (χ1) is 14.3. The number of Topliss-reactive ketones (excluding diaryl/α,β-unsaturated/α-hetero) is 1. The van der Waals surface area contributed by atoms with E-state index >= 15 is 0 Å². The highest BCUT2D eigenvalue weighted by molar-refractivity contribution is 8.00. The Labute approximate surface area is 177 Å². The van der Waals surface area contributed by atoms with Crippen molar-refractivity contribution in [1.82, 2.24) is 10.3 Å². The summed E-state index contributed by atoms with van der Waals surface area (Å²) in [6, 6.07) is -0.398. The molecule has 3 rings (SSSR count). The van der Waals surface area contributed by atoms with Crippen molar-refractivity contribution < 1.29 is 31.9 Å². The molecule has 2 heterocycles. The van der Waals surface area contributed by atoms with Gasteiger partial charge in [-0.3, -0.25) is 14.9 Å². The van der Waals surface area contributed by atoms with E-state index in [1.54, 1.807) is 18.7 Å². The molecule has 1 aromatic heterocycles. The van der Waals surface area contributed by atoms with E-state index in [9.17, 15) is 22.8 Å². The third-order valence-electron chi connectivity index (χ3n) is 5.79. The van der Waals surface area contributed by atoms with Gasteiger partial charge in [0.1, 0.15) is 11.5 Å². The summed E-state index contributed by atoms with van der Waals surface area (Å²) in [6.07, 6.45) is 1.63. The number of carbonyl (C=O) groups excluding carboxylic acids is 2. The molecule has 2 fully saturated rings. The molecular formula is C20H27F3N2O4S. The van der Waals surface area contributed by atoms with Crippen molar-refractivity contribution in [3.8, 4) is 0 Å². The molecular weight excluding hydrogens is 421 g/mol. The van der Waals surface area contributed by atoms with Crippen LogP contribution >= 0.6 is 11.8 Å². The number of aromatic nitrogens is 1. The van der Waals surface area contributed by atoms with Crippen molar-refractivity contribution in [2.24, 2.45) is 5.92 Å². The van der Waals surface area contributed by atoms with E-state index in [-0.39, 0.29) is 29.4 Å². The largest absolute Gasteiger partial charge is 0.468 e. The highest BCUT2D eigenvalue weighted by Crippen LogP contribution is 2.35. The SMILES string of the molecule is CCc1oc(C(F)(F)F)nc1COC1CCCC(CCC2SCNC2C(=O)C=O)C1. The van der Waals surface area contributed by atoms with Gasteiger partial charge in [-0.1, -0.05) is 19.8 Å². The second kappa shape index (κ2) is 10.3. The number of halogens is 3. The van der Waals surface area contributed by atoms with Gasteiger partial charge in [0, 0.05) is 17.5 Å². The molecule has 168 valence electrons. The third-order valence-corrected chi connectivity index (χ3v) is 7.06. The molecule has 1 aliphatic heterocycles. The minimum absolute atomic E-state index is 0.0123. The number of aldehydes is 1. The summed E-state index contributed by atoms with van der Waals surface area (Å²) in [4.78, 5) is 26.1. The Morgan fingerprint density at radius 2 is 2.17 bits per heavy atom. The molecule has 6 nitrogen and oxygen atoms in total. The number of ketones is 1. The number of nitrogens with one attached hydrogen (secondary N) is 1. The number of carbonyl (C=O) groups is 2. The van der Waals surface area contributed by atoms with Crippen molar-refractivity contribution in [1.29, 1.82) is 0 Å². The molecule has 1 N–H and O–H groups in total. The van der Waals surface area contributed by atoms with Crippen molar-refractivity contribution in [3.05, 3.63) is 17.3 Å². The highest BCUT2D eigenvalue weighted by atomic mass is 32.2. The second-order valence-corrected chi connectivity index (χ2v) is 9.06. The maximum absolute atomic E-state index is 12.8. The lowest BCUT2D eigenvalue weighted by atomic mass is 9.83. The summed E-state index contributed by atoms with van der Waals surface area (Å²) in [7, 11) is 0. The van der Waals surface area contributed by atoms with Crippen LogP contribution in [0, 0.1) is 5.92 Å². The molecule has 0 spiro atoms. The molecule has 0 bridgehead atoms. The molecule has 1 saturated heterocycles. The molecule has 30 heavy (non-hydrogen) atoms. The van der Waals surface area contributed by atoms with Gasteiger partial charge in [0.2, 0.25) is 5.78 Å². The molecule has 2 aliphatic rings. The Kier molecular flexibility index (Phi) is 7.98. The number of alkyl halides is 3. The third kappa shape index (κ3) is 5.85. The fraction of sp³-hybridized carbons (Fsp3) is 0.750. The Hall–Kier alpha value is -1.39. The van der Waals surface area contributed by atoms with Gasteiger partial charge in [-0.2, -0.15) is 13.2 Å². The Bertz CT molecular complexity index is 740. The summed E-state index contributed by atoms with van der Waals surface area (Å²) in [5.41, 5.74) is 0.218. The lowest BCUT2D eigenvalue weighted by Gasteiger charge is -2.30. The predicted molar refractivity (Wildman–Crippen MR) is 105 cm³/mol. The first-order valence-electron chi connectivity index (χ1n) is 10.3. The predicted octanol–water partition coefficient (Wildman–Crippen LogP) is 3.91. The van der Waals surface area contributed by atoms with Crippen LogP contribution in [0.15, 0.2) is 4.42 Å². The molecule has 4 unspecified atom stereocenters. The molecule has 10 heteroatoms. The topological polar surface area (TPSA) is 81.4 Å². The zero-order valence-corrected chi connectivity index (χ0v) is 17.7. The second-order valence-electron chi connectivity index (χ2n) is 7.83. The first kappa shape index (κ1) is 23.3. The monoisotopic (exact) mass is 448 g/mol. The van der Waals surface area contributed by atoms with Crippen molar-refractivity contribution in [2.75, 3.05) is 5.88 Å². The quantitative estimate of drug-likeness (QED) is 0.453. The van der Waals surface area contributed by atoms with E-state index in [0.717, 1.165) is 38.5 Å². The number of rotatable bonds is 9. The fourth-order valence-electron chi connectivity index (χ4n) is 4.23. The van der Waals surface area contributed by atoms with Crippen molar-refractivity contribution in [3.63, 3.8) is 0 Å². The normalized spacial score (nSPS) is 27.3. The number of thioether (sulfide) groups is 1. The molecule has 0 aromatic carbocycles. The zero-order valence-electron chi connectivity index (χ0n) is 16.9. The maximum atomic E-state index is 12.8. The summed E-state index contributed by atoms with van der Waals surface area (Å²) < 4.78 is 49.3. The maximum Gasteiger partial charge on any atom is 0.468 e. The van der Waals surface area contributed by atoms with Gasteiger partial charge in [-0.05, 0) is 31.6 Å². The molecule has 1 saturated carbocycles. The molecule has 4 atom stereocenters. The van der Waals surface area contributed by atoms with E-state index in [1.165, 1.54) is 0 Å². The minimum atomic E-state index is -4.60. The van der Waals surface area contributed by atoms with E-state index in [1.807, 2.05) is 0 Å². The molecule has 1 aliphatic carbocycles. The van der Waals surface area contributed by atoms with Gasteiger partial charge in [0.25, 0.3) is 0 Å². The van der Waals surface area contributed by atoms with Gasteiger partial charge >= 0.3 is 12.1 Å². The first-order valence-corrected chi connectivity index (χ1v) is 11.4. The Morgan fingerprint density at radius 3 is 2.87 bits per heavy atom. The number of hydrogen-bond acceptors (Lipinski definition) is 7. The van der Waals surface area contributed by atoms with Crippen LogP contribution in [-0.2, 0) is 33.5 Å². The van der Waals surface area contributed by atoms with E-state index in [4.69, 9.17) is 9.15 Å². The van der Waals surface area contributed by atoms with Crippen LogP contribution in [0.5, 0.6) is 0 Å². The van der Waals surface area contributed by atoms with Crippen molar-refractivity contribution in [2.45, 2.75) is 82.0 Å². The van der Waals surface area contributed by atoms with Gasteiger partial charge in [0.15, 0.2) is 6.29 Å². The van der Waals surface area contributed by atoms with Crippen LogP contribution in [0.3, 0.4) is 0 Å². The van der Waals surface area contributed by atoms with Crippen LogP contribution < -0.4 is 5.32 Å². The van der Waals surface area contributed by atoms with Crippen LogP contribution in [0.1, 0.15) is 62.8 Å². The summed E-state index contributed by atoms with van der Waals surface area (Å²) >= 11 is 1.67. The number of ether oxygens (including phenoxy) is 1. The number of hydrogen-bond donors (Lipinski definition) is 1. The van der Waals surface area contributed by atoms with E-state index in [2.05, 4.69) is 10.3 Å². The lowest BCUT2D eigenvalue weighted by molar-refractivity contribution is -0.157. The Morgan fingerprint density at radius 1 is 1.37 bits per heavy atom. The number of aryl methyl sites for hydroxylation is 1. The van der Waals surface area contributed by atoms with Gasteiger partial charge in [0.05, 0.1) is 18.8 Å². The fourth-order valence-corrected chi connectivity index (χ4v) is 5.44. The van der Waals surface area contributed by atoms with Crippen LogP contribution in [0.2, 0.25) is 0 Å². The van der Waals surface area contributed by atoms with E-state index < -0.39 is 23.9 Å². The van der Waals surface area contributed by atoms with Gasteiger partial charge < -0.3 is 9.15 Å².